The Morgan fingerprint density at radius 3 is 0.893 bits per heavy atom. The highest BCUT2D eigenvalue weighted by Crippen LogP contribution is 2.38. The second kappa shape index (κ2) is 31.6. The van der Waals surface area contributed by atoms with Crippen molar-refractivity contribution in [2.75, 3.05) is 7.11 Å². The van der Waals surface area contributed by atoms with Gasteiger partial charge >= 0.3 is 11.9 Å². The lowest BCUT2D eigenvalue weighted by Crippen LogP contribution is -2.26. The number of fused-ring (bicyclic) bond motifs is 4. The molecule has 0 aliphatic carbocycles. The van der Waals surface area contributed by atoms with Crippen LogP contribution in [0.4, 0.5) is 17.6 Å². The number of hydrogen-bond acceptors (Lipinski definition) is 9. The van der Waals surface area contributed by atoms with Gasteiger partial charge in [-0.15, -0.1) is 0 Å². The summed E-state index contributed by atoms with van der Waals surface area (Å²) in [5.74, 6) is -3.15. The summed E-state index contributed by atoms with van der Waals surface area (Å²) in [5.41, 5.74) is 15.2. The molecule has 0 aliphatic heterocycles. The Bertz CT molecular complexity index is 6620. The van der Waals surface area contributed by atoms with Crippen molar-refractivity contribution >= 4 is 55.6 Å². The number of ether oxygens (including phenoxy) is 1. The first-order valence-electron chi connectivity index (χ1n) is 35.4. The van der Waals surface area contributed by atoms with Crippen molar-refractivity contribution < 1.29 is 42.1 Å². The van der Waals surface area contributed by atoms with Crippen LogP contribution in [0.15, 0.2) is 262 Å². The predicted molar refractivity (Wildman–Crippen MR) is 428 cm³/mol. The van der Waals surface area contributed by atoms with E-state index in [9.17, 15) is 61.8 Å². The maximum absolute atomic E-state index is 13.4. The van der Waals surface area contributed by atoms with Crippen molar-refractivity contribution in [3.8, 4) is 73.3 Å². The summed E-state index contributed by atoms with van der Waals surface area (Å²) in [5, 5.41) is 31.8. The standard InChI is InChI=1S/C23H18FN3O.C23H19FN2O3.C22H17FN2O3.C22H19FN2O2/c1-15-3-5-16(6-4-15)21-19-12-14-27(18-9-7-17(24)8-10-18)22(19)23(28)26(2)20(21)11-13-25;1-14-4-6-15(7-5-14)19-18-12-13-26(17-10-8-16(24)9-11-17)20(18)22(27)25(2)21(19)23(28)29-3;1-13-3-5-14(6-4-13)18-17-11-12-25(16-9-7-15(23)8-10-16)19(17)21(26)24(2)20(18)22(27)28;1-14-3-5-15(6-4-14)20-18-11-12-25(17-9-7-16(23)8-10-17)21(18)22(27)24(2)19(20)13-26/h3-10,12,14H,11H2,1-2H3;4-13H,1-3H3;3-12H,1-2H3,(H,27,28);3-12,26H,13H2,1-2H3. The number of esters is 1. The van der Waals surface area contributed by atoms with E-state index in [0.29, 0.717) is 83.7 Å². The highest BCUT2D eigenvalue weighted by atomic mass is 19.1. The summed E-state index contributed by atoms with van der Waals surface area (Å²) >= 11 is 0. The lowest BCUT2D eigenvalue weighted by Gasteiger charge is -2.15. The molecule has 0 saturated heterocycles. The van der Waals surface area contributed by atoms with E-state index in [-0.39, 0.29) is 64.4 Å². The SMILES string of the molecule is COC(=O)c1c(-c2ccc(C)cc2)c2ccn(-c3ccc(F)cc3)c2c(=O)n1C.Cc1ccc(-c2c(C(=O)O)n(C)c(=O)c3c2ccn3-c2ccc(F)cc2)cc1.Cc1ccc(-c2c(CC#N)n(C)c(=O)c3c2ccn3-c2ccc(F)cc2)cc1.Cc1ccc(-c2c(CO)n(C)c(=O)c3c2ccn3-c2ccc(F)cc2)cc1. The van der Waals surface area contributed by atoms with Gasteiger partial charge < -0.3 is 51.5 Å². The van der Waals surface area contributed by atoms with Gasteiger partial charge in [-0.25, -0.2) is 27.2 Å². The zero-order chi connectivity index (χ0) is 79.7. The molecule has 2 N–H and O–H groups in total. The highest BCUT2D eigenvalue weighted by molar-refractivity contribution is 6.08. The average Bonchev–Trinajstić information content (AvgIpc) is 1.57. The molecule has 22 heteroatoms. The molecule has 112 heavy (non-hydrogen) atoms. The minimum absolute atomic E-state index is 0.0711. The van der Waals surface area contributed by atoms with Gasteiger partial charge in [0.05, 0.1) is 31.9 Å². The molecule has 8 aromatic carbocycles. The molecule has 16 rings (SSSR count). The lowest BCUT2D eigenvalue weighted by molar-refractivity contribution is 0.0588. The zero-order valence-electron chi connectivity index (χ0n) is 62.3. The number of carbonyl (C=O) groups is 2. The molecule has 18 nitrogen and oxygen atoms in total. The molecule has 0 bridgehead atoms. The van der Waals surface area contributed by atoms with Gasteiger partial charge in [-0.3, -0.25) is 19.2 Å². The monoisotopic (exact) mass is 1500 g/mol. The van der Waals surface area contributed by atoms with Crippen LogP contribution in [0.2, 0.25) is 0 Å². The number of aliphatic hydroxyl groups excluding tert-OH is 1. The second-order valence-electron chi connectivity index (χ2n) is 27.0. The molecule has 0 saturated carbocycles. The van der Waals surface area contributed by atoms with Gasteiger partial charge in [0.2, 0.25) is 0 Å². The van der Waals surface area contributed by atoms with Crippen LogP contribution < -0.4 is 22.2 Å². The topological polar surface area (TPSA) is 215 Å². The van der Waals surface area contributed by atoms with Crippen LogP contribution in [-0.4, -0.2) is 65.8 Å². The third kappa shape index (κ3) is 14.4. The summed E-state index contributed by atoms with van der Waals surface area (Å²) in [6.07, 6.45) is 7.19. The normalized spacial score (nSPS) is 11.1. The van der Waals surface area contributed by atoms with E-state index in [1.165, 1.54) is 71.8 Å². The number of benzene rings is 8. The van der Waals surface area contributed by atoms with E-state index >= 15 is 0 Å². The van der Waals surface area contributed by atoms with Gasteiger partial charge in [0.1, 0.15) is 56.7 Å². The van der Waals surface area contributed by atoms with Crippen LogP contribution >= 0.6 is 0 Å². The number of carbonyl (C=O) groups excluding carboxylic acids is 1. The molecule has 0 aliphatic rings. The Morgan fingerprint density at radius 1 is 0.366 bits per heavy atom. The Morgan fingerprint density at radius 2 is 0.616 bits per heavy atom. The number of nitrogens with zero attached hydrogens (tertiary/aromatic N) is 9. The largest absolute Gasteiger partial charge is 0.477 e. The molecule has 16 aromatic rings. The third-order valence-corrected chi connectivity index (χ3v) is 19.9. The number of carboxylic acids is 1. The van der Waals surface area contributed by atoms with Crippen LogP contribution in [0.5, 0.6) is 0 Å². The molecule has 560 valence electrons. The quantitative estimate of drug-likeness (QED) is 0.0871. The third-order valence-electron chi connectivity index (χ3n) is 19.9. The van der Waals surface area contributed by atoms with E-state index in [1.54, 1.807) is 123 Å². The molecule has 0 amide bonds. The van der Waals surface area contributed by atoms with Crippen LogP contribution in [0.1, 0.15) is 54.6 Å². The first-order valence-corrected chi connectivity index (χ1v) is 35.4. The maximum Gasteiger partial charge on any atom is 0.355 e. The van der Waals surface area contributed by atoms with Gasteiger partial charge in [-0.1, -0.05) is 119 Å². The number of methoxy groups -OCH3 is 1. The van der Waals surface area contributed by atoms with E-state index in [4.69, 9.17) is 4.74 Å². The maximum atomic E-state index is 13.4. The summed E-state index contributed by atoms with van der Waals surface area (Å²) < 4.78 is 70.6. The molecule has 0 atom stereocenters. The van der Waals surface area contributed by atoms with Gasteiger partial charge in [-0.2, -0.15) is 5.26 Å². The number of aliphatic hydroxyl groups is 1. The van der Waals surface area contributed by atoms with Gasteiger partial charge in [0, 0.05) is 125 Å². The van der Waals surface area contributed by atoms with E-state index in [2.05, 4.69) is 6.07 Å². The van der Waals surface area contributed by atoms with Crippen molar-refractivity contribution in [2.24, 2.45) is 28.2 Å². The molecule has 0 fully saturated rings. The zero-order valence-corrected chi connectivity index (χ0v) is 62.3. The molecule has 0 spiro atoms. The lowest BCUT2D eigenvalue weighted by atomic mass is 9.97. The van der Waals surface area contributed by atoms with Gasteiger partial charge in [-0.05, 0) is 171 Å². The smallest absolute Gasteiger partial charge is 0.355 e. The van der Waals surface area contributed by atoms with Crippen molar-refractivity contribution in [3.05, 3.63) is 353 Å². The number of hydrogen-bond donors (Lipinski definition) is 2. The molecule has 8 heterocycles. The summed E-state index contributed by atoms with van der Waals surface area (Å²) in [6, 6.07) is 64.4. The Kier molecular flexibility index (Phi) is 21.4. The Labute approximate surface area is 638 Å². The first kappa shape index (κ1) is 76.0. The van der Waals surface area contributed by atoms with Crippen molar-refractivity contribution in [1.29, 1.82) is 5.26 Å². The van der Waals surface area contributed by atoms with E-state index in [1.807, 2.05) is 143 Å². The average molecular weight is 1500 g/mol. The fourth-order valence-electron chi connectivity index (χ4n) is 14.2. The van der Waals surface area contributed by atoms with Crippen LogP contribution in [0.25, 0.3) is 111 Å². The van der Waals surface area contributed by atoms with Crippen LogP contribution in [0, 0.1) is 62.3 Å². The van der Waals surface area contributed by atoms with Crippen molar-refractivity contribution in [2.45, 2.75) is 40.7 Å². The number of rotatable bonds is 12. The number of aromatic nitrogens is 8. The fourth-order valence-corrected chi connectivity index (χ4v) is 14.2. The summed E-state index contributed by atoms with van der Waals surface area (Å²) in [7, 11) is 7.64. The van der Waals surface area contributed by atoms with E-state index < -0.39 is 17.5 Å². The first-order chi connectivity index (χ1) is 53.8. The van der Waals surface area contributed by atoms with Crippen LogP contribution in [0.3, 0.4) is 0 Å². The predicted octanol–water partition coefficient (Wildman–Crippen LogP) is 16.8. The minimum atomic E-state index is -1.17. The molecular formula is C90H73F4N9O9. The van der Waals surface area contributed by atoms with Gasteiger partial charge in [0.25, 0.3) is 22.2 Å². The van der Waals surface area contributed by atoms with E-state index in [0.717, 1.165) is 65.4 Å². The number of aromatic carboxylic acids is 1. The molecule has 8 aromatic heterocycles. The molecular weight excluding hydrogens is 1430 g/mol. The van der Waals surface area contributed by atoms with Crippen molar-refractivity contribution in [1.82, 2.24) is 36.5 Å². The number of halogens is 4. The number of nitriles is 1. The Balaban J connectivity index is 0.000000131. The highest BCUT2D eigenvalue weighted by Gasteiger charge is 2.28. The minimum Gasteiger partial charge on any atom is -0.477 e. The summed E-state index contributed by atoms with van der Waals surface area (Å²) in [6.45, 7) is 7.71. The Hall–Kier alpha value is -14.2. The van der Waals surface area contributed by atoms with Crippen molar-refractivity contribution in [3.63, 3.8) is 0 Å². The number of aryl methyl sites for hydroxylation is 4. The fraction of sp³-hybridized carbons (Fsp3) is 0.122. The number of pyridine rings is 4. The summed E-state index contributed by atoms with van der Waals surface area (Å²) in [4.78, 5) is 76.9. The van der Waals surface area contributed by atoms with Crippen LogP contribution in [-0.2, 0) is 46.0 Å². The molecule has 0 unspecified atom stereocenters. The van der Waals surface area contributed by atoms with Gasteiger partial charge in [0.15, 0.2) is 0 Å². The molecule has 0 radical (unpaired) electrons. The number of carboxylic acid groups (broad SMARTS) is 1. The second-order valence-corrected chi connectivity index (χ2v) is 27.0.